The molecule has 0 atom stereocenters. The Hall–Kier alpha value is -6.52. The van der Waals surface area contributed by atoms with Gasteiger partial charge < -0.3 is 13.4 Å². The molecule has 224 valence electrons. The number of para-hydroxylation sites is 5. The summed E-state index contributed by atoms with van der Waals surface area (Å²) in [6, 6.07) is 55.7. The van der Waals surface area contributed by atoms with E-state index in [0.29, 0.717) is 0 Å². The molecular formula is C44H26N2O2. The molecule has 0 unspecified atom stereocenters. The molecule has 0 aliphatic heterocycles. The molecule has 0 spiro atoms. The molecule has 11 aromatic rings. The maximum absolute atomic E-state index is 6.88. The monoisotopic (exact) mass is 614 g/mol. The van der Waals surface area contributed by atoms with Crippen molar-refractivity contribution < 1.29 is 8.83 Å². The van der Waals surface area contributed by atoms with Gasteiger partial charge in [0.2, 0.25) is 5.71 Å². The van der Waals surface area contributed by atoms with E-state index in [-0.39, 0.29) is 0 Å². The smallest absolute Gasteiger partial charge is 0.213 e. The van der Waals surface area contributed by atoms with Crippen LogP contribution in [0.2, 0.25) is 0 Å². The quantitative estimate of drug-likeness (QED) is 0.198. The maximum atomic E-state index is 6.88. The number of aromatic nitrogens is 2. The highest BCUT2D eigenvalue weighted by Crippen LogP contribution is 2.43. The van der Waals surface area contributed by atoms with Crippen molar-refractivity contribution in [1.82, 2.24) is 9.13 Å². The molecular weight excluding hydrogens is 588 g/mol. The lowest BCUT2D eigenvalue weighted by Crippen LogP contribution is -1.93. The van der Waals surface area contributed by atoms with Crippen LogP contribution in [0.4, 0.5) is 0 Å². The number of fused-ring (bicyclic) bond motifs is 11. The van der Waals surface area contributed by atoms with E-state index < -0.39 is 0 Å². The summed E-state index contributed by atoms with van der Waals surface area (Å²) in [5.74, 6) is 0. The van der Waals surface area contributed by atoms with Crippen LogP contribution in [0.5, 0.6) is 0 Å². The van der Waals surface area contributed by atoms with Gasteiger partial charge in [-0.25, -0.2) is 0 Å². The first-order valence-electron chi connectivity index (χ1n) is 16.3. The topological polar surface area (TPSA) is 36.1 Å². The minimum Gasteiger partial charge on any atom is -0.456 e. The molecule has 11 rings (SSSR count). The molecule has 0 radical (unpaired) electrons. The van der Waals surface area contributed by atoms with E-state index in [4.69, 9.17) is 8.83 Å². The molecule has 0 N–H and O–H groups in total. The second-order valence-electron chi connectivity index (χ2n) is 12.5. The largest absolute Gasteiger partial charge is 0.456 e. The Labute approximate surface area is 274 Å². The van der Waals surface area contributed by atoms with Crippen LogP contribution in [0.15, 0.2) is 167 Å². The molecule has 4 heteroatoms. The van der Waals surface area contributed by atoms with E-state index in [2.05, 4.69) is 161 Å². The predicted molar refractivity (Wildman–Crippen MR) is 198 cm³/mol. The van der Waals surface area contributed by atoms with E-state index in [1.165, 1.54) is 27.2 Å². The summed E-state index contributed by atoms with van der Waals surface area (Å²) < 4.78 is 17.9. The van der Waals surface area contributed by atoms with Crippen molar-refractivity contribution in [2.75, 3.05) is 0 Å². The number of hydrogen-bond donors (Lipinski definition) is 0. The first-order chi connectivity index (χ1) is 23.8. The third-order valence-electron chi connectivity index (χ3n) is 9.93. The molecule has 0 bridgehead atoms. The fraction of sp³-hybridized carbons (Fsp3) is 0. The average Bonchev–Trinajstić information content (AvgIpc) is 3.88. The van der Waals surface area contributed by atoms with Gasteiger partial charge in [0, 0.05) is 49.3 Å². The maximum Gasteiger partial charge on any atom is 0.213 e. The van der Waals surface area contributed by atoms with Crippen molar-refractivity contribution in [1.29, 1.82) is 0 Å². The molecule has 0 fully saturated rings. The summed E-state index contributed by atoms with van der Waals surface area (Å²) >= 11 is 0. The number of hydrogen-bond acceptors (Lipinski definition) is 2. The normalized spacial score (nSPS) is 12.2. The lowest BCUT2D eigenvalue weighted by atomic mass is 10.00. The number of benzene rings is 7. The SMILES string of the molecule is c1ccc(-n2c3ccccc3c3c4cccc(-c5ccc6oc7ccc(-n8c9ccccc9c9ccccc98)cc7c6c5)c4oc32)cc1. The highest BCUT2D eigenvalue weighted by Gasteiger charge is 2.21. The summed E-state index contributed by atoms with van der Waals surface area (Å²) in [6.45, 7) is 0. The van der Waals surface area contributed by atoms with Crippen LogP contribution in [-0.4, -0.2) is 9.13 Å². The number of nitrogens with zero attached hydrogens (tertiary/aromatic N) is 2. The van der Waals surface area contributed by atoms with Crippen LogP contribution in [-0.2, 0) is 0 Å². The third kappa shape index (κ3) is 3.43. The van der Waals surface area contributed by atoms with E-state index in [1.54, 1.807) is 0 Å². The zero-order chi connectivity index (χ0) is 31.3. The highest BCUT2D eigenvalue weighted by atomic mass is 16.3. The lowest BCUT2D eigenvalue weighted by molar-refractivity contribution is 0.646. The molecule has 7 aromatic carbocycles. The van der Waals surface area contributed by atoms with Crippen LogP contribution in [0.25, 0.3) is 99.2 Å². The van der Waals surface area contributed by atoms with Crippen LogP contribution in [0.3, 0.4) is 0 Å². The van der Waals surface area contributed by atoms with Crippen molar-refractivity contribution in [3.63, 3.8) is 0 Å². The van der Waals surface area contributed by atoms with Crippen molar-refractivity contribution in [2.24, 2.45) is 0 Å². The second kappa shape index (κ2) is 9.50. The zero-order valence-electron chi connectivity index (χ0n) is 25.7. The minimum absolute atomic E-state index is 0.857. The van der Waals surface area contributed by atoms with Gasteiger partial charge in [-0.1, -0.05) is 97.1 Å². The van der Waals surface area contributed by atoms with E-state index in [9.17, 15) is 0 Å². The summed E-state index contributed by atoms with van der Waals surface area (Å²) in [5, 5.41) is 8.10. The van der Waals surface area contributed by atoms with Crippen LogP contribution in [0, 0.1) is 0 Å². The molecule has 0 aliphatic rings. The molecule has 0 saturated carbocycles. The number of furan rings is 2. The zero-order valence-corrected chi connectivity index (χ0v) is 25.7. The van der Waals surface area contributed by atoms with Gasteiger partial charge in [-0.15, -0.1) is 0 Å². The summed E-state index contributed by atoms with van der Waals surface area (Å²) in [6.07, 6.45) is 0. The Kier molecular flexibility index (Phi) is 5.08. The van der Waals surface area contributed by atoms with E-state index >= 15 is 0 Å². The van der Waals surface area contributed by atoms with E-state index in [1.807, 2.05) is 6.07 Å². The summed E-state index contributed by atoms with van der Waals surface area (Å²) in [7, 11) is 0. The fourth-order valence-electron chi connectivity index (χ4n) is 7.85. The van der Waals surface area contributed by atoms with Gasteiger partial charge in [-0.05, 0) is 66.2 Å². The summed E-state index contributed by atoms with van der Waals surface area (Å²) in [5.41, 5.74) is 11.3. The molecule has 0 saturated heterocycles. The van der Waals surface area contributed by atoms with Crippen molar-refractivity contribution in [2.45, 2.75) is 0 Å². The molecule has 0 aliphatic carbocycles. The van der Waals surface area contributed by atoms with Crippen LogP contribution < -0.4 is 0 Å². The van der Waals surface area contributed by atoms with Gasteiger partial charge in [-0.3, -0.25) is 4.57 Å². The third-order valence-corrected chi connectivity index (χ3v) is 9.93. The van der Waals surface area contributed by atoms with Crippen LogP contribution in [0.1, 0.15) is 0 Å². The van der Waals surface area contributed by atoms with Gasteiger partial charge in [-0.2, -0.15) is 0 Å². The molecule has 4 heterocycles. The van der Waals surface area contributed by atoms with Gasteiger partial charge >= 0.3 is 0 Å². The molecule has 0 amide bonds. The van der Waals surface area contributed by atoms with E-state index in [0.717, 1.165) is 72.0 Å². The first-order valence-corrected chi connectivity index (χ1v) is 16.3. The molecule has 4 nitrogen and oxygen atoms in total. The van der Waals surface area contributed by atoms with Gasteiger partial charge in [0.1, 0.15) is 16.7 Å². The second-order valence-corrected chi connectivity index (χ2v) is 12.5. The Bertz CT molecular complexity index is 3010. The molecule has 48 heavy (non-hydrogen) atoms. The standard InChI is InChI=1S/C44H26N2O2/c1-2-11-28(12-3-1)46-39-20-9-6-15-33(39)42-34-17-10-16-30(43(34)48-44(42)46)27-21-23-40-35(25-27)36-26-29(22-24-41(36)47-40)45-37-18-7-4-13-31(37)32-14-5-8-19-38(32)45/h1-26H. The Morgan fingerprint density at radius 3 is 1.73 bits per heavy atom. The summed E-state index contributed by atoms with van der Waals surface area (Å²) in [4.78, 5) is 0. The highest BCUT2D eigenvalue weighted by molar-refractivity contribution is 6.22. The van der Waals surface area contributed by atoms with Crippen molar-refractivity contribution in [3.05, 3.63) is 158 Å². The minimum atomic E-state index is 0.857. The Balaban J connectivity index is 1.14. The first kappa shape index (κ1) is 25.6. The Morgan fingerprint density at radius 2 is 0.979 bits per heavy atom. The molecule has 4 aromatic heterocycles. The fourth-order valence-corrected chi connectivity index (χ4v) is 7.85. The average molecular weight is 615 g/mol. The van der Waals surface area contributed by atoms with Crippen LogP contribution >= 0.6 is 0 Å². The van der Waals surface area contributed by atoms with Gasteiger partial charge in [0.05, 0.1) is 21.9 Å². The Morgan fingerprint density at radius 1 is 0.375 bits per heavy atom. The van der Waals surface area contributed by atoms with Gasteiger partial charge in [0.25, 0.3) is 0 Å². The lowest BCUT2D eigenvalue weighted by Gasteiger charge is -2.08. The predicted octanol–water partition coefficient (Wildman–Crippen LogP) is 12.2. The van der Waals surface area contributed by atoms with Gasteiger partial charge in [0.15, 0.2) is 0 Å². The van der Waals surface area contributed by atoms with Crippen molar-refractivity contribution >= 4 is 76.7 Å². The number of rotatable bonds is 3. The van der Waals surface area contributed by atoms with Crippen molar-refractivity contribution in [3.8, 4) is 22.5 Å².